The van der Waals surface area contributed by atoms with E-state index in [0.717, 1.165) is 0 Å². The fourth-order valence-electron chi connectivity index (χ4n) is 4.13. The Bertz CT molecular complexity index is 915. The highest BCUT2D eigenvalue weighted by Crippen LogP contribution is 2.44. The number of benzene rings is 3. The van der Waals surface area contributed by atoms with Gasteiger partial charge >= 0.3 is 0 Å². The molecule has 0 aromatic heterocycles. The van der Waals surface area contributed by atoms with Crippen molar-refractivity contribution >= 4 is 17.5 Å². The lowest BCUT2D eigenvalue weighted by Gasteiger charge is -2.26. The number of hydrogen-bond donors (Lipinski definition) is 0. The van der Waals surface area contributed by atoms with E-state index in [0.29, 0.717) is 11.8 Å². The summed E-state index contributed by atoms with van der Waals surface area (Å²) in [5.74, 6) is 0.652. The lowest BCUT2D eigenvalue weighted by Crippen LogP contribution is -2.13. The molecule has 2 heteroatoms. The van der Waals surface area contributed by atoms with Crippen LogP contribution >= 0.6 is 0 Å². The first-order valence-electron chi connectivity index (χ1n) is 9.86. The van der Waals surface area contributed by atoms with Crippen LogP contribution in [0.3, 0.4) is 0 Å². The van der Waals surface area contributed by atoms with Gasteiger partial charge < -0.3 is 9.80 Å². The maximum absolute atomic E-state index is 2.37. The highest BCUT2D eigenvalue weighted by molar-refractivity contribution is 5.65. The normalized spacial score (nSPS) is 15.0. The van der Waals surface area contributed by atoms with Crippen molar-refractivity contribution in [3.63, 3.8) is 0 Å². The quantitative estimate of drug-likeness (QED) is 0.565. The van der Waals surface area contributed by atoms with E-state index >= 15 is 0 Å². The molecule has 0 amide bonds. The first kappa shape index (κ1) is 18.4. The molecule has 142 valence electrons. The standard InChI is InChI=1S/C26H28N2/c1-27(2)22-14-9-20(10-15-22)26(21-11-16-23(17-12-21)28(3)4)25-18-13-19-7-5-6-8-24(19)25/h5-18,25-26H,1-4H3. The van der Waals surface area contributed by atoms with Gasteiger partial charge in [0, 0.05) is 51.4 Å². The van der Waals surface area contributed by atoms with Gasteiger partial charge in [0.25, 0.3) is 0 Å². The molecule has 0 spiro atoms. The molecule has 0 N–H and O–H groups in total. The molecule has 3 aromatic rings. The van der Waals surface area contributed by atoms with Gasteiger partial charge in [0.2, 0.25) is 0 Å². The van der Waals surface area contributed by atoms with Crippen molar-refractivity contribution in [1.29, 1.82) is 0 Å². The van der Waals surface area contributed by atoms with Gasteiger partial charge in [-0.15, -0.1) is 0 Å². The minimum Gasteiger partial charge on any atom is -0.378 e. The van der Waals surface area contributed by atoms with Gasteiger partial charge in [0.1, 0.15) is 0 Å². The van der Waals surface area contributed by atoms with Crippen LogP contribution in [0.4, 0.5) is 11.4 Å². The topological polar surface area (TPSA) is 6.48 Å². The van der Waals surface area contributed by atoms with Crippen LogP contribution in [-0.2, 0) is 0 Å². The fraction of sp³-hybridized carbons (Fsp3) is 0.231. The molecule has 0 aliphatic heterocycles. The predicted molar refractivity (Wildman–Crippen MR) is 122 cm³/mol. The summed E-state index contributed by atoms with van der Waals surface area (Å²) in [6.45, 7) is 0. The Morgan fingerprint density at radius 3 is 1.64 bits per heavy atom. The number of anilines is 2. The molecule has 28 heavy (non-hydrogen) atoms. The van der Waals surface area contributed by atoms with E-state index in [2.05, 4.69) is 123 Å². The van der Waals surface area contributed by atoms with Gasteiger partial charge in [0.05, 0.1) is 0 Å². The molecule has 2 nitrogen and oxygen atoms in total. The average molecular weight is 369 g/mol. The summed E-state index contributed by atoms with van der Waals surface area (Å²) in [5, 5.41) is 0. The molecule has 3 aromatic carbocycles. The van der Waals surface area contributed by atoms with Crippen LogP contribution in [0, 0.1) is 0 Å². The zero-order valence-corrected chi connectivity index (χ0v) is 17.1. The predicted octanol–water partition coefficient (Wildman–Crippen LogP) is 5.76. The van der Waals surface area contributed by atoms with E-state index < -0.39 is 0 Å². The first-order chi connectivity index (χ1) is 13.5. The second-order valence-electron chi connectivity index (χ2n) is 7.96. The van der Waals surface area contributed by atoms with Crippen molar-refractivity contribution in [1.82, 2.24) is 0 Å². The van der Waals surface area contributed by atoms with Gasteiger partial charge in [0.15, 0.2) is 0 Å². The Kier molecular flexibility index (Phi) is 4.95. The van der Waals surface area contributed by atoms with Crippen LogP contribution in [0.1, 0.15) is 34.1 Å². The highest BCUT2D eigenvalue weighted by atomic mass is 15.1. The Balaban J connectivity index is 1.78. The second-order valence-corrected chi connectivity index (χ2v) is 7.96. The Morgan fingerprint density at radius 2 is 1.14 bits per heavy atom. The molecule has 1 unspecified atom stereocenters. The van der Waals surface area contributed by atoms with E-state index in [9.17, 15) is 0 Å². The fourth-order valence-corrected chi connectivity index (χ4v) is 4.13. The molecule has 0 saturated carbocycles. The summed E-state index contributed by atoms with van der Waals surface area (Å²) in [5.41, 5.74) is 7.93. The molecule has 0 heterocycles. The largest absolute Gasteiger partial charge is 0.378 e. The van der Waals surface area contributed by atoms with Gasteiger partial charge in [-0.25, -0.2) is 0 Å². The van der Waals surface area contributed by atoms with Crippen LogP contribution in [-0.4, -0.2) is 28.2 Å². The molecule has 0 fully saturated rings. The molecule has 0 radical (unpaired) electrons. The average Bonchev–Trinajstić information content (AvgIpc) is 3.13. The van der Waals surface area contributed by atoms with E-state index in [1.54, 1.807) is 0 Å². The van der Waals surface area contributed by atoms with Crippen LogP contribution in [0.5, 0.6) is 0 Å². The lowest BCUT2D eigenvalue weighted by atomic mass is 9.78. The lowest BCUT2D eigenvalue weighted by molar-refractivity contribution is 0.724. The molecule has 0 saturated heterocycles. The van der Waals surface area contributed by atoms with Crippen molar-refractivity contribution in [2.24, 2.45) is 0 Å². The van der Waals surface area contributed by atoms with Gasteiger partial charge in [-0.3, -0.25) is 0 Å². The van der Waals surface area contributed by atoms with E-state index in [-0.39, 0.29) is 0 Å². The summed E-state index contributed by atoms with van der Waals surface area (Å²) in [4.78, 5) is 4.30. The smallest absolute Gasteiger partial charge is 0.0361 e. The summed E-state index contributed by atoms with van der Waals surface area (Å²) in [7, 11) is 8.34. The number of allylic oxidation sites excluding steroid dienone is 1. The third-order valence-corrected chi connectivity index (χ3v) is 5.73. The van der Waals surface area contributed by atoms with Crippen LogP contribution in [0.25, 0.3) is 6.08 Å². The van der Waals surface area contributed by atoms with E-state index in [4.69, 9.17) is 0 Å². The maximum Gasteiger partial charge on any atom is 0.0361 e. The van der Waals surface area contributed by atoms with Crippen LogP contribution in [0.2, 0.25) is 0 Å². The minimum absolute atomic E-state index is 0.298. The minimum atomic E-state index is 0.298. The number of rotatable bonds is 5. The van der Waals surface area contributed by atoms with Gasteiger partial charge in [-0.1, -0.05) is 60.7 Å². The molecule has 4 rings (SSSR count). The molecule has 1 aliphatic carbocycles. The number of nitrogens with zero attached hydrogens (tertiary/aromatic N) is 2. The van der Waals surface area contributed by atoms with Crippen molar-refractivity contribution in [2.75, 3.05) is 38.0 Å². The van der Waals surface area contributed by atoms with Crippen molar-refractivity contribution in [3.05, 3.63) is 101 Å². The van der Waals surface area contributed by atoms with Gasteiger partial charge in [-0.2, -0.15) is 0 Å². The van der Waals surface area contributed by atoms with Crippen LogP contribution < -0.4 is 9.80 Å². The molecule has 1 aliphatic rings. The number of fused-ring (bicyclic) bond motifs is 1. The second kappa shape index (κ2) is 7.55. The zero-order valence-electron chi connectivity index (χ0n) is 17.1. The Hall–Kier alpha value is -3.00. The maximum atomic E-state index is 2.37. The molecular formula is C26H28N2. The molecular weight excluding hydrogens is 340 g/mol. The summed E-state index contributed by atoms with van der Waals surface area (Å²) in [6.07, 6.45) is 4.64. The third-order valence-electron chi connectivity index (χ3n) is 5.73. The van der Waals surface area contributed by atoms with Crippen molar-refractivity contribution < 1.29 is 0 Å². The van der Waals surface area contributed by atoms with Crippen molar-refractivity contribution in [3.8, 4) is 0 Å². The molecule has 1 atom stereocenters. The Labute approximate surface area is 168 Å². The third kappa shape index (κ3) is 3.43. The number of hydrogen-bond acceptors (Lipinski definition) is 2. The van der Waals surface area contributed by atoms with Gasteiger partial charge in [-0.05, 0) is 46.5 Å². The SMILES string of the molecule is CN(C)c1ccc(C(c2ccc(N(C)C)cc2)C2C=Cc3ccccc32)cc1. The zero-order chi connectivity index (χ0) is 19.7. The molecule has 0 bridgehead atoms. The Morgan fingerprint density at radius 1 is 0.643 bits per heavy atom. The first-order valence-corrected chi connectivity index (χ1v) is 9.86. The summed E-state index contributed by atoms with van der Waals surface area (Å²) < 4.78 is 0. The van der Waals surface area contributed by atoms with Crippen molar-refractivity contribution in [2.45, 2.75) is 11.8 Å². The highest BCUT2D eigenvalue weighted by Gasteiger charge is 2.28. The van der Waals surface area contributed by atoms with E-state index in [1.165, 1.54) is 33.6 Å². The summed E-state index contributed by atoms with van der Waals surface area (Å²) in [6, 6.07) is 26.8. The van der Waals surface area contributed by atoms with Crippen LogP contribution in [0.15, 0.2) is 78.9 Å². The summed E-state index contributed by atoms with van der Waals surface area (Å²) >= 11 is 0. The monoisotopic (exact) mass is 368 g/mol. The van der Waals surface area contributed by atoms with E-state index in [1.807, 2.05) is 0 Å².